The molecule has 2 aromatic heterocycles. The molecular formula is C44H26N4. The Labute approximate surface area is 277 Å². The van der Waals surface area contributed by atoms with Gasteiger partial charge in [0.25, 0.3) is 0 Å². The van der Waals surface area contributed by atoms with Gasteiger partial charge in [-0.25, -0.2) is 0 Å². The van der Waals surface area contributed by atoms with Crippen molar-refractivity contribution in [1.29, 1.82) is 10.5 Å². The molecule has 2 heterocycles. The maximum atomic E-state index is 9.94. The largest absolute Gasteiger partial charge is 0.309 e. The third-order valence-corrected chi connectivity index (χ3v) is 9.42. The number of nitrogens with zero attached hydrogens (tertiary/aromatic N) is 4. The molecule has 0 radical (unpaired) electrons. The summed E-state index contributed by atoms with van der Waals surface area (Å²) in [6.45, 7) is 0. The van der Waals surface area contributed by atoms with Crippen LogP contribution in [-0.4, -0.2) is 9.13 Å². The normalized spacial score (nSPS) is 11.3. The minimum atomic E-state index is 0.623. The molecule has 4 heteroatoms. The third-order valence-electron chi connectivity index (χ3n) is 9.42. The zero-order valence-corrected chi connectivity index (χ0v) is 25.8. The molecule has 0 saturated carbocycles. The van der Waals surface area contributed by atoms with Crippen LogP contribution < -0.4 is 0 Å². The van der Waals surface area contributed by atoms with Gasteiger partial charge in [0, 0.05) is 32.8 Å². The predicted octanol–water partition coefficient (Wildman–Crippen LogP) is 11.0. The van der Waals surface area contributed by atoms with Gasteiger partial charge in [-0.2, -0.15) is 10.5 Å². The van der Waals surface area contributed by atoms with Crippen LogP contribution in [0.4, 0.5) is 0 Å². The first-order valence-electron chi connectivity index (χ1n) is 15.9. The second-order valence-corrected chi connectivity index (χ2v) is 12.0. The fourth-order valence-corrected chi connectivity index (χ4v) is 7.23. The van der Waals surface area contributed by atoms with E-state index < -0.39 is 0 Å². The number of para-hydroxylation sites is 4. The number of fused-ring (bicyclic) bond motifs is 6. The SMILES string of the molecule is N#Cc1ccc(-c2ccc(-c3ccc(-n4c5ccccc5c5cccc(C#N)c54)cc3)cc2)c(-n2c3ccccc3c3ccccc32)c1. The van der Waals surface area contributed by atoms with Gasteiger partial charge in [-0.15, -0.1) is 0 Å². The molecule has 0 atom stereocenters. The summed E-state index contributed by atoms with van der Waals surface area (Å²) in [4.78, 5) is 0. The smallest absolute Gasteiger partial charge is 0.101 e. The summed E-state index contributed by atoms with van der Waals surface area (Å²) in [6, 6.07) is 59.0. The molecular weight excluding hydrogens is 585 g/mol. The predicted molar refractivity (Wildman–Crippen MR) is 195 cm³/mol. The molecule has 0 N–H and O–H groups in total. The van der Waals surface area contributed by atoms with E-state index in [0.29, 0.717) is 11.1 Å². The summed E-state index contributed by atoms with van der Waals surface area (Å²) in [6.07, 6.45) is 0. The van der Waals surface area contributed by atoms with Crippen LogP contribution in [0, 0.1) is 22.7 Å². The number of nitriles is 2. The summed E-state index contributed by atoms with van der Waals surface area (Å²) in [5, 5.41) is 24.4. The van der Waals surface area contributed by atoms with Crippen molar-refractivity contribution < 1.29 is 0 Å². The lowest BCUT2D eigenvalue weighted by atomic mass is 9.98. The summed E-state index contributed by atoms with van der Waals surface area (Å²) in [7, 11) is 0. The average Bonchev–Trinajstić information content (AvgIpc) is 3.68. The van der Waals surface area contributed by atoms with Crippen molar-refractivity contribution >= 4 is 43.6 Å². The first-order valence-corrected chi connectivity index (χ1v) is 15.9. The molecule has 0 aliphatic rings. The molecule has 0 aliphatic carbocycles. The van der Waals surface area contributed by atoms with Crippen LogP contribution in [0.15, 0.2) is 158 Å². The Morgan fingerprint density at radius 2 is 0.938 bits per heavy atom. The maximum Gasteiger partial charge on any atom is 0.101 e. The minimum absolute atomic E-state index is 0.623. The molecule has 0 unspecified atom stereocenters. The van der Waals surface area contributed by atoms with Gasteiger partial charge in [0.15, 0.2) is 0 Å². The zero-order chi connectivity index (χ0) is 32.2. The van der Waals surface area contributed by atoms with Crippen molar-refractivity contribution in [3.05, 3.63) is 169 Å². The zero-order valence-electron chi connectivity index (χ0n) is 25.8. The van der Waals surface area contributed by atoms with Gasteiger partial charge in [-0.3, -0.25) is 0 Å². The second-order valence-electron chi connectivity index (χ2n) is 12.0. The standard InChI is InChI=1S/C44H26N4/c45-27-29-16-25-35(43(26-29)48-41-14-5-1-9-36(41)37-10-2-6-15-42(37)48)32-19-17-30(18-20-32)31-21-23-34(24-22-31)47-40-13-4-3-11-38(40)39-12-7-8-33(28-46)44(39)47/h1-26H. The Bertz CT molecular complexity index is 2730. The van der Waals surface area contributed by atoms with E-state index in [0.717, 1.165) is 66.5 Å². The molecule has 222 valence electrons. The first kappa shape index (κ1) is 27.4. The van der Waals surface area contributed by atoms with E-state index in [1.165, 1.54) is 10.8 Å². The lowest BCUT2D eigenvalue weighted by molar-refractivity contribution is 1.18. The van der Waals surface area contributed by atoms with E-state index in [9.17, 15) is 10.5 Å². The van der Waals surface area contributed by atoms with Crippen molar-refractivity contribution in [1.82, 2.24) is 9.13 Å². The number of hydrogen-bond acceptors (Lipinski definition) is 2. The van der Waals surface area contributed by atoms with Crippen LogP contribution in [0.25, 0.3) is 77.2 Å². The average molecular weight is 611 g/mol. The fourth-order valence-electron chi connectivity index (χ4n) is 7.23. The Morgan fingerprint density at radius 1 is 0.417 bits per heavy atom. The second kappa shape index (κ2) is 10.9. The summed E-state index contributed by atoms with van der Waals surface area (Å²) >= 11 is 0. The Balaban J connectivity index is 1.13. The number of rotatable bonds is 4. The highest BCUT2D eigenvalue weighted by molar-refractivity contribution is 6.11. The highest BCUT2D eigenvalue weighted by atomic mass is 15.0. The van der Waals surface area contributed by atoms with E-state index >= 15 is 0 Å². The fraction of sp³-hybridized carbons (Fsp3) is 0. The van der Waals surface area contributed by atoms with E-state index in [4.69, 9.17) is 0 Å². The molecule has 0 fully saturated rings. The topological polar surface area (TPSA) is 57.4 Å². The molecule has 0 spiro atoms. The number of hydrogen-bond donors (Lipinski definition) is 0. The van der Waals surface area contributed by atoms with Gasteiger partial charge in [0.2, 0.25) is 0 Å². The molecule has 7 aromatic carbocycles. The molecule has 9 rings (SSSR count). The molecule has 4 nitrogen and oxygen atoms in total. The summed E-state index contributed by atoms with van der Waals surface area (Å²) in [5.74, 6) is 0. The summed E-state index contributed by atoms with van der Waals surface area (Å²) in [5.41, 5.74) is 11.8. The Kier molecular flexibility index (Phi) is 6.22. The molecule has 9 aromatic rings. The first-order chi connectivity index (χ1) is 23.7. The van der Waals surface area contributed by atoms with Crippen LogP contribution in [0.3, 0.4) is 0 Å². The molecule has 0 bridgehead atoms. The van der Waals surface area contributed by atoms with Crippen LogP contribution in [-0.2, 0) is 0 Å². The minimum Gasteiger partial charge on any atom is -0.309 e. The van der Waals surface area contributed by atoms with Gasteiger partial charge in [0.05, 0.1) is 45.0 Å². The number of aromatic nitrogens is 2. The van der Waals surface area contributed by atoms with Gasteiger partial charge in [-0.05, 0) is 65.2 Å². The van der Waals surface area contributed by atoms with Crippen LogP contribution >= 0.6 is 0 Å². The van der Waals surface area contributed by atoms with Gasteiger partial charge in [0.1, 0.15) is 6.07 Å². The van der Waals surface area contributed by atoms with E-state index in [2.05, 4.69) is 143 Å². The molecule has 0 saturated heterocycles. The van der Waals surface area contributed by atoms with Crippen LogP contribution in [0.2, 0.25) is 0 Å². The quantitative estimate of drug-likeness (QED) is 0.199. The summed E-state index contributed by atoms with van der Waals surface area (Å²) < 4.78 is 4.47. The number of benzene rings is 7. The van der Waals surface area contributed by atoms with E-state index in [1.807, 2.05) is 36.4 Å². The maximum absolute atomic E-state index is 9.94. The van der Waals surface area contributed by atoms with Gasteiger partial charge in [-0.1, -0.05) is 109 Å². The van der Waals surface area contributed by atoms with Gasteiger partial charge < -0.3 is 9.13 Å². The van der Waals surface area contributed by atoms with Crippen LogP contribution in [0.1, 0.15) is 11.1 Å². The van der Waals surface area contributed by atoms with Crippen molar-refractivity contribution in [2.45, 2.75) is 0 Å². The molecule has 0 amide bonds. The lowest BCUT2D eigenvalue weighted by Gasteiger charge is -2.15. The highest BCUT2D eigenvalue weighted by Crippen LogP contribution is 2.38. The lowest BCUT2D eigenvalue weighted by Crippen LogP contribution is -1.98. The van der Waals surface area contributed by atoms with E-state index in [1.54, 1.807) is 0 Å². The Morgan fingerprint density at radius 3 is 1.54 bits per heavy atom. The van der Waals surface area contributed by atoms with Gasteiger partial charge >= 0.3 is 0 Å². The monoisotopic (exact) mass is 610 g/mol. The van der Waals surface area contributed by atoms with E-state index in [-0.39, 0.29) is 0 Å². The van der Waals surface area contributed by atoms with Crippen LogP contribution in [0.5, 0.6) is 0 Å². The molecule has 48 heavy (non-hydrogen) atoms. The Hall–Kier alpha value is -6.88. The third kappa shape index (κ3) is 4.14. The van der Waals surface area contributed by atoms with Crippen molar-refractivity contribution in [3.8, 4) is 45.8 Å². The van der Waals surface area contributed by atoms with Crippen molar-refractivity contribution in [2.24, 2.45) is 0 Å². The molecule has 0 aliphatic heterocycles. The van der Waals surface area contributed by atoms with Crippen molar-refractivity contribution in [3.63, 3.8) is 0 Å². The highest BCUT2D eigenvalue weighted by Gasteiger charge is 2.17. The van der Waals surface area contributed by atoms with Crippen molar-refractivity contribution in [2.75, 3.05) is 0 Å².